The average Bonchev–Trinajstić information content (AvgIpc) is 2.41. The highest BCUT2D eigenvalue weighted by Crippen LogP contribution is 2.41. The quantitative estimate of drug-likeness (QED) is 0.753. The topological polar surface area (TPSA) is 60.8 Å². The number of fused-ring (bicyclic) bond motifs is 1. The van der Waals surface area contributed by atoms with Crippen LogP contribution in [-0.2, 0) is 11.0 Å². The van der Waals surface area contributed by atoms with Gasteiger partial charge in [-0.25, -0.2) is 0 Å². The van der Waals surface area contributed by atoms with E-state index in [1.165, 1.54) is 5.56 Å². The highest BCUT2D eigenvalue weighted by Gasteiger charge is 2.30. The summed E-state index contributed by atoms with van der Waals surface area (Å²) in [5.74, 6) is 0. The summed E-state index contributed by atoms with van der Waals surface area (Å²) >= 11 is 0. The second-order valence-corrected chi connectivity index (χ2v) is 5.57. The van der Waals surface area contributed by atoms with E-state index in [1.54, 1.807) is 4.90 Å². The lowest BCUT2D eigenvalue weighted by Crippen LogP contribution is -2.30. The van der Waals surface area contributed by atoms with Crippen molar-refractivity contribution in [2.24, 2.45) is 0 Å². The number of nitrogens with zero attached hydrogens (tertiary/aromatic N) is 1. The maximum absolute atomic E-state index is 11.0. The van der Waals surface area contributed by atoms with Gasteiger partial charge in [-0.15, -0.1) is 0 Å². The Morgan fingerprint density at radius 1 is 1.47 bits per heavy atom. The minimum absolute atomic E-state index is 0.162. The zero-order valence-electron chi connectivity index (χ0n) is 8.50. The molecule has 0 radical (unpaired) electrons. The van der Waals surface area contributed by atoms with E-state index in [0.717, 1.165) is 12.1 Å². The number of para-hydroxylation sites is 1. The van der Waals surface area contributed by atoms with E-state index in [4.69, 9.17) is 9.79 Å². The molecule has 2 N–H and O–H groups in total. The maximum Gasteiger partial charge on any atom is 0.344 e. The van der Waals surface area contributed by atoms with Gasteiger partial charge in [0.2, 0.25) is 0 Å². The Morgan fingerprint density at radius 2 is 2.13 bits per heavy atom. The number of rotatable bonds is 2. The second-order valence-electron chi connectivity index (χ2n) is 3.96. The molecule has 1 heterocycles. The fourth-order valence-electron chi connectivity index (χ4n) is 2.04. The highest BCUT2D eigenvalue weighted by atomic mass is 31.2. The molecule has 1 aliphatic heterocycles. The van der Waals surface area contributed by atoms with Gasteiger partial charge in [0.1, 0.15) is 6.29 Å². The number of hydrogen-bond acceptors (Lipinski definition) is 2. The molecule has 0 fully saturated rings. The standard InChI is InChI=1S/C10H14NO3P/c1-8-6-9-4-2-3-5-10(9)11(8)7-15(12,13)14/h2-5,8H,6-7H2,1H3,(H2,12,13,14)/t8-/m1/s1. The second kappa shape index (κ2) is 3.63. The van der Waals surface area contributed by atoms with Crippen LogP contribution >= 0.6 is 7.60 Å². The molecule has 1 aromatic rings. The minimum Gasteiger partial charge on any atom is -0.357 e. The van der Waals surface area contributed by atoms with Crippen molar-refractivity contribution < 1.29 is 14.4 Å². The van der Waals surface area contributed by atoms with Crippen molar-refractivity contribution in [3.05, 3.63) is 29.8 Å². The molecule has 0 unspecified atom stereocenters. The predicted molar refractivity (Wildman–Crippen MR) is 59.0 cm³/mol. The zero-order valence-corrected chi connectivity index (χ0v) is 9.39. The van der Waals surface area contributed by atoms with Crippen molar-refractivity contribution in [3.63, 3.8) is 0 Å². The summed E-state index contributed by atoms with van der Waals surface area (Å²) < 4.78 is 11.0. The first kappa shape index (κ1) is 10.7. The van der Waals surface area contributed by atoms with E-state index in [-0.39, 0.29) is 12.3 Å². The van der Waals surface area contributed by atoms with Gasteiger partial charge in [0.15, 0.2) is 0 Å². The van der Waals surface area contributed by atoms with Crippen LogP contribution in [0.3, 0.4) is 0 Å². The monoisotopic (exact) mass is 227 g/mol. The van der Waals surface area contributed by atoms with Crippen LogP contribution in [0.15, 0.2) is 24.3 Å². The van der Waals surface area contributed by atoms with Crippen molar-refractivity contribution in [1.82, 2.24) is 0 Å². The highest BCUT2D eigenvalue weighted by molar-refractivity contribution is 7.51. The lowest BCUT2D eigenvalue weighted by molar-refractivity contribution is 0.370. The SMILES string of the molecule is C[C@@H]1Cc2ccccc2N1CP(=O)(O)O. The fourth-order valence-corrected chi connectivity index (χ4v) is 2.87. The van der Waals surface area contributed by atoms with E-state index in [2.05, 4.69) is 0 Å². The molecule has 0 saturated carbocycles. The van der Waals surface area contributed by atoms with Crippen molar-refractivity contribution in [3.8, 4) is 0 Å². The smallest absolute Gasteiger partial charge is 0.344 e. The molecule has 0 amide bonds. The summed E-state index contributed by atoms with van der Waals surface area (Å²) in [4.78, 5) is 19.8. The van der Waals surface area contributed by atoms with Gasteiger partial charge in [0, 0.05) is 11.7 Å². The van der Waals surface area contributed by atoms with E-state index >= 15 is 0 Å². The number of hydrogen-bond donors (Lipinski definition) is 2. The number of anilines is 1. The molecule has 0 spiro atoms. The fraction of sp³-hybridized carbons (Fsp3) is 0.400. The average molecular weight is 227 g/mol. The molecule has 1 aromatic carbocycles. The van der Waals surface area contributed by atoms with E-state index < -0.39 is 7.60 Å². The van der Waals surface area contributed by atoms with Crippen LogP contribution in [0.4, 0.5) is 5.69 Å². The van der Waals surface area contributed by atoms with Gasteiger partial charge in [0.05, 0.1) is 0 Å². The van der Waals surface area contributed by atoms with E-state index in [1.807, 2.05) is 31.2 Å². The summed E-state index contributed by atoms with van der Waals surface area (Å²) in [6, 6.07) is 7.92. The summed E-state index contributed by atoms with van der Waals surface area (Å²) in [5.41, 5.74) is 2.12. The van der Waals surface area contributed by atoms with Gasteiger partial charge < -0.3 is 14.7 Å². The molecule has 2 rings (SSSR count). The molecule has 1 aliphatic rings. The first-order chi connectivity index (χ1) is 6.97. The van der Waals surface area contributed by atoms with Crippen molar-refractivity contribution >= 4 is 13.3 Å². The molecule has 1 atom stereocenters. The minimum atomic E-state index is -3.98. The molecule has 15 heavy (non-hydrogen) atoms. The van der Waals surface area contributed by atoms with Crippen LogP contribution < -0.4 is 4.90 Å². The first-order valence-electron chi connectivity index (χ1n) is 4.86. The molecular weight excluding hydrogens is 213 g/mol. The molecule has 4 nitrogen and oxygen atoms in total. The van der Waals surface area contributed by atoms with Crippen LogP contribution in [0.25, 0.3) is 0 Å². The van der Waals surface area contributed by atoms with Crippen molar-refractivity contribution in [2.75, 3.05) is 11.2 Å². The Morgan fingerprint density at radius 3 is 2.80 bits per heavy atom. The van der Waals surface area contributed by atoms with Gasteiger partial charge in [-0.2, -0.15) is 0 Å². The lowest BCUT2D eigenvalue weighted by Gasteiger charge is -2.24. The molecule has 5 heteroatoms. The third-order valence-electron chi connectivity index (χ3n) is 2.69. The summed E-state index contributed by atoms with van der Waals surface area (Å²) in [7, 11) is -3.98. The molecule has 0 aliphatic carbocycles. The Kier molecular flexibility index (Phi) is 2.59. The Balaban J connectivity index is 2.30. The molecule has 0 bridgehead atoms. The van der Waals surface area contributed by atoms with E-state index in [0.29, 0.717) is 0 Å². The van der Waals surface area contributed by atoms with Crippen LogP contribution in [0.5, 0.6) is 0 Å². The zero-order chi connectivity index (χ0) is 11.1. The lowest BCUT2D eigenvalue weighted by atomic mass is 10.1. The van der Waals surface area contributed by atoms with Gasteiger partial charge in [-0.1, -0.05) is 18.2 Å². The first-order valence-corrected chi connectivity index (χ1v) is 6.66. The van der Waals surface area contributed by atoms with Crippen molar-refractivity contribution in [1.29, 1.82) is 0 Å². The molecule has 0 aromatic heterocycles. The third-order valence-corrected chi connectivity index (χ3v) is 3.36. The van der Waals surface area contributed by atoms with Gasteiger partial charge in [-0.05, 0) is 25.0 Å². The maximum atomic E-state index is 11.0. The summed E-state index contributed by atoms with van der Waals surface area (Å²) in [5, 5.41) is 0. The van der Waals surface area contributed by atoms with Crippen LogP contribution in [0, 0.1) is 0 Å². The van der Waals surface area contributed by atoms with Crippen LogP contribution in [0.1, 0.15) is 12.5 Å². The summed E-state index contributed by atoms with van der Waals surface area (Å²) in [6.45, 7) is 1.98. The Bertz CT molecular complexity index is 415. The van der Waals surface area contributed by atoms with Crippen LogP contribution in [0.2, 0.25) is 0 Å². The Labute approximate surface area is 88.7 Å². The van der Waals surface area contributed by atoms with Crippen LogP contribution in [-0.4, -0.2) is 22.1 Å². The van der Waals surface area contributed by atoms with Gasteiger partial charge >= 0.3 is 7.60 Å². The third kappa shape index (κ3) is 2.23. The molecule has 82 valence electrons. The normalized spacial score (nSPS) is 20.5. The molecule has 0 saturated heterocycles. The summed E-state index contributed by atoms with van der Waals surface area (Å²) in [6.07, 6.45) is 0.668. The largest absolute Gasteiger partial charge is 0.357 e. The van der Waals surface area contributed by atoms with Gasteiger partial charge in [-0.3, -0.25) is 4.57 Å². The van der Waals surface area contributed by atoms with E-state index in [9.17, 15) is 4.57 Å². The Hall–Kier alpha value is -0.830. The number of benzene rings is 1. The van der Waals surface area contributed by atoms with Crippen molar-refractivity contribution in [2.45, 2.75) is 19.4 Å². The molecular formula is C10H14NO3P. The predicted octanol–water partition coefficient (Wildman–Crippen LogP) is 1.57. The van der Waals surface area contributed by atoms with Gasteiger partial charge in [0.25, 0.3) is 0 Å².